The van der Waals surface area contributed by atoms with E-state index in [0.29, 0.717) is 36.8 Å². The predicted octanol–water partition coefficient (Wildman–Crippen LogP) is 6.17. The quantitative estimate of drug-likeness (QED) is 0.318. The second-order valence-electron chi connectivity index (χ2n) is 7.32. The summed E-state index contributed by atoms with van der Waals surface area (Å²) >= 11 is 13.2. The van der Waals surface area contributed by atoms with Gasteiger partial charge in [0.2, 0.25) is 0 Å². The average Bonchev–Trinajstić information content (AvgIpc) is 2.70. The summed E-state index contributed by atoms with van der Waals surface area (Å²) in [5, 5.41) is 0. The van der Waals surface area contributed by atoms with Crippen LogP contribution >= 0.6 is 31.5 Å². The highest BCUT2D eigenvalue weighted by Crippen LogP contribution is 2.49. The number of nitrogens with two attached hydrogens (primary N) is 2. The Labute approximate surface area is 187 Å². The van der Waals surface area contributed by atoms with Crippen molar-refractivity contribution in [2.45, 2.75) is 75.3 Å². The van der Waals surface area contributed by atoms with Crippen molar-refractivity contribution in [2.24, 2.45) is 11.5 Å². The molecule has 0 aliphatic heterocycles. The maximum Gasteiger partial charge on any atom is 0.698 e. The molecule has 5 nitrogen and oxygen atoms in total. The molecule has 0 saturated carbocycles. The van der Waals surface area contributed by atoms with Crippen molar-refractivity contribution in [3.8, 4) is 0 Å². The Kier molecular flexibility index (Phi) is 8.14. The van der Waals surface area contributed by atoms with Crippen LogP contribution in [0.1, 0.15) is 53.4 Å². The molecule has 0 saturated heterocycles. The Balaban J connectivity index is 2.35. The maximum atomic E-state index is 14.3. The van der Waals surface area contributed by atoms with Crippen molar-refractivity contribution < 1.29 is 22.4 Å². The molecule has 0 amide bonds. The molecule has 0 aromatic rings. The Morgan fingerprint density at radius 3 is 1.50 bits per heavy atom. The molecule has 0 bridgehead atoms. The molecule has 30 heavy (non-hydrogen) atoms. The molecule has 0 radical (unpaired) electrons. The normalized spacial score (nSPS) is 32.9. The van der Waals surface area contributed by atoms with Crippen LogP contribution in [0.25, 0.3) is 0 Å². The molecule has 2 aliphatic rings. The first-order chi connectivity index (χ1) is 14.0. The first-order valence-corrected chi connectivity index (χ1v) is 11.8. The molecule has 0 aromatic heterocycles. The highest BCUT2D eigenvalue weighted by Gasteiger charge is 2.51. The van der Waals surface area contributed by atoms with E-state index in [9.17, 15) is 13.3 Å². The van der Waals surface area contributed by atoms with Gasteiger partial charge in [-0.25, -0.2) is 8.78 Å². The van der Waals surface area contributed by atoms with Crippen molar-refractivity contribution >= 4 is 31.5 Å². The van der Waals surface area contributed by atoms with Gasteiger partial charge in [-0.15, -0.1) is 32.2 Å². The van der Waals surface area contributed by atoms with Gasteiger partial charge in [0.05, 0.1) is 11.4 Å². The fourth-order valence-electron chi connectivity index (χ4n) is 3.72. The van der Waals surface area contributed by atoms with Crippen LogP contribution in [0.3, 0.4) is 0 Å². The number of alkyl halides is 2. The van der Waals surface area contributed by atoms with Crippen molar-refractivity contribution in [1.29, 1.82) is 0 Å². The molecule has 2 rings (SSSR count). The average molecular weight is 484 g/mol. The summed E-state index contributed by atoms with van der Waals surface area (Å²) in [5.41, 5.74) is 12.4. The van der Waals surface area contributed by atoms with E-state index in [0.717, 1.165) is 0 Å². The minimum Gasteiger partial charge on any atom is -0.396 e. The Morgan fingerprint density at radius 2 is 1.23 bits per heavy atom. The molecule has 0 fully saturated rings. The van der Waals surface area contributed by atoms with E-state index >= 15 is 0 Å². The molecule has 0 aromatic carbocycles. The summed E-state index contributed by atoms with van der Waals surface area (Å²) in [6.45, 7) is 7.05. The zero-order chi connectivity index (χ0) is 22.9. The molecule has 0 heterocycles. The van der Waals surface area contributed by atoms with Crippen LogP contribution in [0.2, 0.25) is 0 Å². The largest absolute Gasteiger partial charge is 0.698 e. The minimum absolute atomic E-state index is 0.0862. The van der Waals surface area contributed by atoms with E-state index < -0.39 is 41.9 Å². The van der Waals surface area contributed by atoms with E-state index in [4.69, 9.17) is 43.7 Å². The predicted molar refractivity (Wildman–Crippen MR) is 116 cm³/mol. The number of hydrogen-bond acceptors (Lipinski definition) is 5. The highest BCUT2D eigenvalue weighted by molar-refractivity contribution is 7.33. The lowest BCUT2D eigenvalue weighted by Gasteiger charge is -2.35. The SMILES string of the molecule is CCC1=C(N)C(F)=CC(Cl)(CC)C1O[P+](=O)OC1C(CC)=C(N)C(F)=CC1(Cl)CC. The van der Waals surface area contributed by atoms with Gasteiger partial charge < -0.3 is 11.5 Å². The van der Waals surface area contributed by atoms with Crippen LogP contribution in [-0.4, -0.2) is 22.0 Å². The lowest BCUT2D eigenvalue weighted by atomic mass is 9.85. The van der Waals surface area contributed by atoms with Gasteiger partial charge in [0, 0.05) is 4.57 Å². The monoisotopic (exact) mass is 483 g/mol. The maximum absolute atomic E-state index is 14.3. The van der Waals surface area contributed by atoms with E-state index in [2.05, 4.69) is 0 Å². The number of rotatable bonds is 8. The number of halogens is 4. The summed E-state index contributed by atoms with van der Waals surface area (Å²) in [5.74, 6) is -1.27. The second-order valence-corrected chi connectivity index (χ2v) is 9.60. The van der Waals surface area contributed by atoms with Crippen LogP contribution in [0.4, 0.5) is 8.78 Å². The van der Waals surface area contributed by atoms with E-state index in [1.165, 1.54) is 12.2 Å². The Hall–Kier alpha value is -0.980. The van der Waals surface area contributed by atoms with Crippen molar-refractivity contribution in [2.75, 3.05) is 0 Å². The smallest absolute Gasteiger partial charge is 0.396 e. The van der Waals surface area contributed by atoms with Crippen LogP contribution in [0, 0.1) is 0 Å². The molecular weight excluding hydrogens is 456 g/mol. The van der Waals surface area contributed by atoms with Crippen LogP contribution in [0.5, 0.6) is 0 Å². The molecular formula is C20H28Cl2F2N2O3P+. The first kappa shape index (κ1) is 25.3. The fourth-order valence-corrected chi connectivity index (χ4v) is 5.42. The Bertz CT molecular complexity index is 780. The fraction of sp³-hybridized carbons (Fsp3) is 0.600. The van der Waals surface area contributed by atoms with Crippen molar-refractivity contribution in [1.82, 2.24) is 0 Å². The summed E-state index contributed by atoms with van der Waals surface area (Å²) < 4.78 is 52.8. The molecule has 0 spiro atoms. The molecule has 168 valence electrons. The molecule has 2 aliphatic carbocycles. The third kappa shape index (κ3) is 4.61. The second kappa shape index (κ2) is 9.66. The van der Waals surface area contributed by atoms with Gasteiger partial charge >= 0.3 is 8.25 Å². The van der Waals surface area contributed by atoms with Gasteiger partial charge in [0.15, 0.2) is 12.2 Å². The topological polar surface area (TPSA) is 87.6 Å². The van der Waals surface area contributed by atoms with E-state index in [1.807, 2.05) is 0 Å². The third-order valence-electron chi connectivity index (χ3n) is 5.67. The molecule has 4 atom stereocenters. The molecule has 4 unspecified atom stereocenters. The van der Waals surface area contributed by atoms with E-state index in [1.54, 1.807) is 27.7 Å². The van der Waals surface area contributed by atoms with Gasteiger partial charge in [-0.1, -0.05) is 27.7 Å². The summed E-state index contributed by atoms with van der Waals surface area (Å²) in [6.07, 6.45) is 1.68. The number of allylic oxidation sites excluding steroid dienone is 2. The van der Waals surface area contributed by atoms with Crippen LogP contribution in [0.15, 0.2) is 46.3 Å². The zero-order valence-corrected chi connectivity index (χ0v) is 19.9. The highest BCUT2D eigenvalue weighted by atomic mass is 35.5. The summed E-state index contributed by atoms with van der Waals surface area (Å²) in [7, 11) is -2.79. The lowest BCUT2D eigenvalue weighted by Crippen LogP contribution is -2.43. The van der Waals surface area contributed by atoms with Crippen molar-refractivity contribution in [3.63, 3.8) is 0 Å². The van der Waals surface area contributed by atoms with E-state index in [-0.39, 0.29) is 11.4 Å². The van der Waals surface area contributed by atoms with Crippen LogP contribution < -0.4 is 11.5 Å². The zero-order valence-electron chi connectivity index (χ0n) is 17.5. The minimum atomic E-state index is -2.79. The summed E-state index contributed by atoms with van der Waals surface area (Å²) in [4.78, 5) is -2.56. The van der Waals surface area contributed by atoms with Gasteiger partial charge in [-0.05, 0) is 49.0 Å². The van der Waals surface area contributed by atoms with Gasteiger partial charge in [-0.2, -0.15) is 0 Å². The number of hydrogen-bond donors (Lipinski definition) is 2. The molecule has 4 N–H and O–H groups in total. The van der Waals surface area contributed by atoms with Gasteiger partial charge in [-0.3, -0.25) is 0 Å². The Morgan fingerprint density at radius 1 is 0.900 bits per heavy atom. The third-order valence-corrected chi connectivity index (χ3v) is 7.59. The van der Waals surface area contributed by atoms with Gasteiger partial charge in [0.1, 0.15) is 21.4 Å². The standard InChI is InChI=1S/C20H28Cl2F2N2O3P/c1-5-11-15(25)13(23)9-19(21,7-3)17(11)28-30(27)29-18-12(6-2)16(26)14(24)10-20(18,22)8-4/h9-10,17-18H,5-8,25-26H2,1-4H3/q+1. The summed E-state index contributed by atoms with van der Waals surface area (Å²) in [6, 6.07) is 0. The van der Waals surface area contributed by atoms with Gasteiger partial charge in [0.25, 0.3) is 0 Å². The lowest BCUT2D eigenvalue weighted by molar-refractivity contribution is 0.123. The van der Waals surface area contributed by atoms with Crippen molar-refractivity contribution in [3.05, 3.63) is 46.3 Å². The first-order valence-electron chi connectivity index (χ1n) is 9.90. The molecule has 10 heteroatoms. The van der Waals surface area contributed by atoms with Crippen LogP contribution in [-0.2, 0) is 13.6 Å².